The second-order valence-electron chi connectivity index (χ2n) is 7.38. The molecule has 0 spiro atoms. The van der Waals surface area contributed by atoms with E-state index in [1.807, 2.05) is 51.8 Å². The largest absolute Gasteiger partial charge is 0.443 e. The third-order valence-electron chi connectivity index (χ3n) is 3.94. The number of amides is 1. The van der Waals surface area contributed by atoms with Crippen LogP contribution in [0.1, 0.15) is 44.7 Å². The summed E-state index contributed by atoms with van der Waals surface area (Å²) in [7, 11) is 3.57. The number of anilines is 1. The fourth-order valence-electron chi connectivity index (χ4n) is 2.65. The van der Waals surface area contributed by atoms with Crippen LogP contribution in [0.3, 0.4) is 0 Å². The molecule has 0 heterocycles. The number of rotatable bonds is 4. The SMILES string of the molecule is CN=C(NC)NCc1ccc(N(C(=O)OC(C)(C)C)C2CC2)c(C)c1.I. The van der Waals surface area contributed by atoms with Crippen molar-refractivity contribution in [2.45, 2.75) is 58.7 Å². The van der Waals surface area contributed by atoms with E-state index in [0.717, 1.165) is 35.6 Å². The molecule has 0 atom stereocenters. The summed E-state index contributed by atoms with van der Waals surface area (Å²) in [5.41, 5.74) is 2.64. The standard InChI is InChI=1S/C19H30N4O2.HI/c1-13-11-14(12-22-17(20-5)21-6)7-10-16(13)23(15-8-9-15)18(24)25-19(2,3)4;/h7,10-11,15H,8-9,12H2,1-6H3,(H2,20,21,22);1H. The van der Waals surface area contributed by atoms with E-state index >= 15 is 0 Å². The predicted molar refractivity (Wildman–Crippen MR) is 118 cm³/mol. The molecule has 1 aliphatic carbocycles. The first-order chi connectivity index (χ1) is 11.7. The van der Waals surface area contributed by atoms with Crippen LogP contribution >= 0.6 is 24.0 Å². The van der Waals surface area contributed by atoms with Gasteiger partial charge in [-0.25, -0.2) is 4.79 Å². The topological polar surface area (TPSA) is 66.0 Å². The van der Waals surface area contributed by atoms with Crippen molar-refractivity contribution in [3.63, 3.8) is 0 Å². The molecule has 0 unspecified atom stereocenters. The van der Waals surface area contributed by atoms with Gasteiger partial charge < -0.3 is 15.4 Å². The summed E-state index contributed by atoms with van der Waals surface area (Å²) in [4.78, 5) is 18.6. The van der Waals surface area contributed by atoms with Gasteiger partial charge in [0.15, 0.2) is 5.96 Å². The molecule has 0 aromatic heterocycles. The molecule has 0 saturated heterocycles. The number of hydrogen-bond acceptors (Lipinski definition) is 3. The van der Waals surface area contributed by atoms with Crippen molar-refractivity contribution in [3.05, 3.63) is 29.3 Å². The molecule has 1 aromatic carbocycles. The van der Waals surface area contributed by atoms with E-state index in [0.29, 0.717) is 6.54 Å². The van der Waals surface area contributed by atoms with Gasteiger partial charge in [-0.05, 0) is 57.7 Å². The highest BCUT2D eigenvalue weighted by molar-refractivity contribution is 14.0. The zero-order valence-corrected chi connectivity index (χ0v) is 18.9. The average Bonchev–Trinajstić information content (AvgIpc) is 3.33. The van der Waals surface area contributed by atoms with Crippen molar-refractivity contribution in [1.29, 1.82) is 0 Å². The van der Waals surface area contributed by atoms with Gasteiger partial charge in [0, 0.05) is 26.7 Å². The first-order valence-electron chi connectivity index (χ1n) is 8.75. The highest BCUT2D eigenvalue weighted by atomic mass is 127. The molecule has 7 heteroatoms. The molecule has 1 saturated carbocycles. The maximum atomic E-state index is 12.6. The fourth-order valence-corrected chi connectivity index (χ4v) is 2.65. The number of benzene rings is 1. The molecule has 0 radical (unpaired) electrons. The average molecular weight is 474 g/mol. The van der Waals surface area contributed by atoms with Gasteiger partial charge in [0.05, 0.1) is 5.69 Å². The zero-order chi connectivity index (χ0) is 18.6. The van der Waals surface area contributed by atoms with E-state index in [1.165, 1.54) is 0 Å². The number of ether oxygens (including phenoxy) is 1. The molecule has 0 bridgehead atoms. The van der Waals surface area contributed by atoms with Crippen LogP contribution in [0.2, 0.25) is 0 Å². The van der Waals surface area contributed by atoms with Crippen LogP contribution in [0.25, 0.3) is 0 Å². The van der Waals surface area contributed by atoms with Crippen molar-refractivity contribution < 1.29 is 9.53 Å². The third kappa shape index (κ3) is 6.34. The molecule has 2 N–H and O–H groups in total. The third-order valence-corrected chi connectivity index (χ3v) is 3.94. The molecular weight excluding hydrogens is 443 g/mol. The van der Waals surface area contributed by atoms with Crippen LogP contribution in [-0.2, 0) is 11.3 Å². The molecule has 2 rings (SSSR count). The lowest BCUT2D eigenvalue weighted by molar-refractivity contribution is 0.0577. The summed E-state index contributed by atoms with van der Waals surface area (Å²) < 4.78 is 5.60. The smallest absolute Gasteiger partial charge is 0.415 e. The van der Waals surface area contributed by atoms with Crippen molar-refractivity contribution in [2.24, 2.45) is 4.99 Å². The quantitative estimate of drug-likeness (QED) is 0.396. The number of aliphatic imine (C=N–C) groups is 1. The summed E-state index contributed by atoms with van der Waals surface area (Å²) >= 11 is 0. The molecule has 1 amide bonds. The van der Waals surface area contributed by atoms with Gasteiger partial charge in [0.2, 0.25) is 0 Å². The monoisotopic (exact) mass is 474 g/mol. The van der Waals surface area contributed by atoms with Crippen LogP contribution in [-0.4, -0.2) is 37.8 Å². The normalized spacial score (nSPS) is 14.3. The Kier molecular flexibility index (Phi) is 8.17. The molecule has 1 aromatic rings. The molecular formula is C19H31IN4O2. The molecule has 1 aliphatic rings. The van der Waals surface area contributed by atoms with Crippen molar-refractivity contribution in [2.75, 3.05) is 19.0 Å². The molecule has 6 nitrogen and oxygen atoms in total. The van der Waals surface area contributed by atoms with Crippen LogP contribution < -0.4 is 15.5 Å². The van der Waals surface area contributed by atoms with E-state index in [1.54, 1.807) is 7.05 Å². The maximum absolute atomic E-state index is 12.6. The Bertz CT molecular complexity index is 651. The minimum Gasteiger partial charge on any atom is -0.443 e. The summed E-state index contributed by atoms with van der Waals surface area (Å²) in [5.74, 6) is 0.745. The number of nitrogens with one attached hydrogen (secondary N) is 2. The van der Waals surface area contributed by atoms with Gasteiger partial charge in [-0.3, -0.25) is 9.89 Å². The molecule has 1 fully saturated rings. The van der Waals surface area contributed by atoms with Gasteiger partial charge in [-0.2, -0.15) is 0 Å². The second-order valence-corrected chi connectivity index (χ2v) is 7.38. The lowest BCUT2D eigenvalue weighted by atomic mass is 10.1. The van der Waals surface area contributed by atoms with Gasteiger partial charge in [0.25, 0.3) is 0 Å². The van der Waals surface area contributed by atoms with Gasteiger partial charge in [-0.15, -0.1) is 24.0 Å². The van der Waals surface area contributed by atoms with Crippen LogP contribution in [0.4, 0.5) is 10.5 Å². The summed E-state index contributed by atoms with van der Waals surface area (Å²) in [6.07, 6.45) is 1.79. The van der Waals surface area contributed by atoms with Crippen LogP contribution in [0, 0.1) is 6.92 Å². The van der Waals surface area contributed by atoms with Gasteiger partial charge >= 0.3 is 6.09 Å². The second kappa shape index (κ2) is 9.43. The number of guanidine groups is 1. The molecule has 0 aliphatic heterocycles. The molecule has 26 heavy (non-hydrogen) atoms. The maximum Gasteiger partial charge on any atom is 0.415 e. The zero-order valence-electron chi connectivity index (χ0n) is 16.5. The van der Waals surface area contributed by atoms with Crippen molar-refractivity contribution in [3.8, 4) is 0 Å². The highest BCUT2D eigenvalue weighted by Crippen LogP contribution is 2.35. The van der Waals surface area contributed by atoms with E-state index < -0.39 is 5.60 Å². The summed E-state index contributed by atoms with van der Waals surface area (Å²) in [6.45, 7) is 8.39. The van der Waals surface area contributed by atoms with Crippen LogP contribution in [0.15, 0.2) is 23.2 Å². The number of carbonyl (C=O) groups excluding carboxylic acids is 1. The number of hydrogen-bond donors (Lipinski definition) is 2. The number of aryl methyl sites for hydroxylation is 1. The number of carbonyl (C=O) groups is 1. The van der Waals surface area contributed by atoms with Crippen molar-refractivity contribution >= 4 is 41.7 Å². The Morgan fingerprint density at radius 1 is 1.35 bits per heavy atom. The Labute approximate surface area is 173 Å². The lowest BCUT2D eigenvalue weighted by Gasteiger charge is -2.28. The first-order valence-corrected chi connectivity index (χ1v) is 8.75. The number of halogens is 1. The fraction of sp³-hybridized carbons (Fsp3) is 0.579. The van der Waals surface area contributed by atoms with Crippen molar-refractivity contribution in [1.82, 2.24) is 10.6 Å². The first kappa shape index (κ1) is 22.5. The Hall–Kier alpha value is -1.51. The van der Waals surface area contributed by atoms with Gasteiger partial charge in [0.1, 0.15) is 5.60 Å². The number of nitrogens with zero attached hydrogens (tertiary/aromatic N) is 2. The molecule has 146 valence electrons. The minimum absolute atomic E-state index is 0. The summed E-state index contributed by atoms with van der Waals surface area (Å²) in [5, 5.41) is 6.23. The van der Waals surface area contributed by atoms with E-state index in [2.05, 4.69) is 21.7 Å². The summed E-state index contributed by atoms with van der Waals surface area (Å²) in [6, 6.07) is 6.40. The minimum atomic E-state index is -0.495. The van der Waals surface area contributed by atoms with E-state index in [-0.39, 0.29) is 36.1 Å². The lowest BCUT2D eigenvalue weighted by Crippen LogP contribution is -2.38. The Morgan fingerprint density at radius 3 is 2.46 bits per heavy atom. The van der Waals surface area contributed by atoms with Crippen LogP contribution in [0.5, 0.6) is 0 Å². The highest BCUT2D eigenvalue weighted by Gasteiger charge is 2.37. The predicted octanol–water partition coefficient (Wildman–Crippen LogP) is 3.81. The Morgan fingerprint density at radius 2 is 2.00 bits per heavy atom. The Balaban J connectivity index is 0.00000338. The van der Waals surface area contributed by atoms with E-state index in [4.69, 9.17) is 4.74 Å². The van der Waals surface area contributed by atoms with E-state index in [9.17, 15) is 4.79 Å². The van der Waals surface area contributed by atoms with Gasteiger partial charge in [-0.1, -0.05) is 12.1 Å².